The van der Waals surface area contributed by atoms with E-state index in [9.17, 15) is 4.79 Å². The van der Waals surface area contributed by atoms with E-state index in [1.54, 1.807) is 0 Å². The summed E-state index contributed by atoms with van der Waals surface area (Å²) in [5.41, 5.74) is 0. The Labute approximate surface area is 123 Å². The molecule has 1 amide bonds. The quantitative estimate of drug-likeness (QED) is 0.813. The zero-order valence-corrected chi connectivity index (χ0v) is 12.9. The SMILES string of the molecule is CCN(CC1CCCCN1)C(=O)CCC1CCCCO1. The molecule has 2 unspecified atom stereocenters. The maximum absolute atomic E-state index is 12.3. The fourth-order valence-corrected chi connectivity index (χ4v) is 3.23. The van der Waals surface area contributed by atoms with Crippen LogP contribution in [-0.4, -0.2) is 49.2 Å². The molecule has 0 bridgehead atoms. The van der Waals surface area contributed by atoms with Crippen molar-refractivity contribution in [3.63, 3.8) is 0 Å². The summed E-state index contributed by atoms with van der Waals surface area (Å²) >= 11 is 0. The fourth-order valence-electron chi connectivity index (χ4n) is 3.23. The van der Waals surface area contributed by atoms with E-state index in [1.165, 1.54) is 32.1 Å². The van der Waals surface area contributed by atoms with Gasteiger partial charge in [0, 0.05) is 32.2 Å². The first-order chi connectivity index (χ1) is 9.79. The number of rotatable bonds is 6. The molecule has 2 saturated heterocycles. The number of piperidine rings is 1. The molecule has 0 aliphatic carbocycles. The van der Waals surface area contributed by atoms with Crippen LogP contribution in [0, 0.1) is 0 Å². The molecule has 2 fully saturated rings. The molecule has 0 aromatic heterocycles. The summed E-state index contributed by atoms with van der Waals surface area (Å²) in [7, 11) is 0. The lowest BCUT2D eigenvalue weighted by Crippen LogP contribution is -2.45. The number of nitrogens with one attached hydrogen (secondary N) is 1. The zero-order valence-electron chi connectivity index (χ0n) is 12.9. The average Bonchev–Trinajstić information content (AvgIpc) is 2.52. The van der Waals surface area contributed by atoms with Crippen molar-refractivity contribution < 1.29 is 9.53 Å². The first kappa shape index (κ1) is 15.8. The van der Waals surface area contributed by atoms with E-state index in [0.717, 1.165) is 39.1 Å². The Hall–Kier alpha value is -0.610. The molecule has 0 aromatic carbocycles. The smallest absolute Gasteiger partial charge is 0.222 e. The highest BCUT2D eigenvalue weighted by Gasteiger charge is 2.21. The molecule has 0 spiro atoms. The van der Waals surface area contributed by atoms with Crippen LogP contribution in [0.3, 0.4) is 0 Å². The predicted octanol–water partition coefficient (Wildman–Crippen LogP) is 2.33. The van der Waals surface area contributed by atoms with Gasteiger partial charge in [0.1, 0.15) is 0 Å². The van der Waals surface area contributed by atoms with E-state index in [0.29, 0.717) is 24.5 Å². The third-order valence-electron chi connectivity index (χ3n) is 4.54. The molecule has 2 atom stereocenters. The summed E-state index contributed by atoms with van der Waals surface area (Å²) in [5, 5.41) is 3.53. The summed E-state index contributed by atoms with van der Waals surface area (Å²) in [6.07, 6.45) is 9.19. The van der Waals surface area contributed by atoms with Crippen molar-refractivity contribution in [2.24, 2.45) is 0 Å². The van der Waals surface area contributed by atoms with Crippen LogP contribution >= 0.6 is 0 Å². The Morgan fingerprint density at radius 2 is 2.10 bits per heavy atom. The van der Waals surface area contributed by atoms with Crippen LogP contribution in [0.15, 0.2) is 0 Å². The van der Waals surface area contributed by atoms with Crippen molar-refractivity contribution in [3.8, 4) is 0 Å². The van der Waals surface area contributed by atoms with Crippen LogP contribution < -0.4 is 5.32 Å². The van der Waals surface area contributed by atoms with E-state index in [2.05, 4.69) is 12.2 Å². The maximum Gasteiger partial charge on any atom is 0.222 e. The number of amides is 1. The van der Waals surface area contributed by atoms with Crippen LogP contribution in [0.4, 0.5) is 0 Å². The summed E-state index contributed by atoms with van der Waals surface area (Å²) < 4.78 is 5.71. The molecule has 2 aliphatic heterocycles. The number of likely N-dealkylation sites (N-methyl/N-ethyl adjacent to an activating group) is 1. The van der Waals surface area contributed by atoms with E-state index < -0.39 is 0 Å². The molecule has 1 N–H and O–H groups in total. The van der Waals surface area contributed by atoms with Gasteiger partial charge in [-0.2, -0.15) is 0 Å². The van der Waals surface area contributed by atoms with Gasteiger partial charge >= 0.3 is 0 Å². The standard InChI is InChI=1S/C16H30N2O2/c1-2-18(13-14-7-3-5-11-17-14)16(19)10-9-15-8-4-6-12-20-15/h14-15,17H,2-13H2,1H3. The van der Waals surface area contributed by atoms with Gasteiger partial charge in [-0.25, -0.2) is 0 Å². The number of hydrogen-bond acceptors (Lipinski definition) is 3. The van der Waals surface area contributed by atoms with Crippen LogP contribution in [0.25, 0.3) is 0 Å². The summed E-state index contributed by atoms with van der Waals surface area (Å²) in [6, 6.07) is 0.499. The molecule has 0 aromatic rings. The van der Waals surface area contributed by atoms with E-state index in [-0.39, 0.29) is 0 Å². The molecule has 2 aliphatic rings. The van der Waals surface area contributed by atoms with Gasteiger partial charge in [0.25, 0.3) is 0 Å². The van der Waals surface area contributed by atoms with E-state index in [4.69, 9.17) is 4.74 Å². The lowest BCUT2D eigenvalue weighted by molar-refractivity contribution is -0.132. The number of ether oxygens (including phenoxy) is 1. The Morgan fingerprint density at radius 1 is 1.25 bits per heavy atom. The summed E-state index contributed by atoms with van der Waals surface area (Å²) in [5.74, 6) is 0.300. The lowest BCUT2D eigenvalue weighted by Gasteiger charge is -2.30. The van der Waals surface area contributed by atoms with Crippen LogP contribution in [0.1, 0.15) is 58.3 Å². The second-order valence-corrected chi connectivity index (χ2v) is 6.11. The zero-order chi connectivity index (χ0) is 14.2. The van der Waals surface area contributed by atoms with Gasteiger partial charge in [-0.3, -0.25) is 4.79 Å². The van der Waals surface area contributed by atoms with Gasteiger partial charge in [-0.05, 0) is 52.0 Å². The van der Waals surface area contributed by atoms with Gasteiger partial charge in [-0.1, -0.05) is 6.42 Å². The molecule has 2 heterocycles. The van der Waals surface area contributed by atoms with Crippen LogP contribution in [0.5, 0.6) is 0 Å². The van der Waals surface area contributed by atoms with Crippen LogP contribution in [-0.2, 0) is 9.53 Å². The molecule has 0 radical (unpaired) electrons. The average molecular weight is 282 g/mol. The lowest BCUT2D eigenvalue weighted by atomic mass is 10.0. The van der Waals surface area contributed by atoms with Crippen molar-refractivity contribution in [2.45, 2.75) is 70.4 Å². The minimum Gasteiger partial charge on any atom is -0.378 e. The monoisotopic (exact) mass is 282 g/mol. The first-order valence-electron chi connectivity index (χ1n) is 8.42. The van der Waals surface area contributed by atoms with Gasteiger partial charge in [0.15, 0.2) is 0 Å². The molecular weight excluding hydrogens is 252 g/mol. The minimum atomic E-state index is 0.300. The van der Waals surface area contributed by atoms with Gasteiger partial charge in [0.2, 0.25) is 5.91 Å². The molecule has 0 saturated carbocycles. The van der Waals surface area contributed by atoms with Gasteiger partial charge in [0.05, 0.1) is 6.10 Å². The van der Waals surface area contributed by atoms with Crippen molar-refractivity contribution >= 4 is 5.91 Å². The number of carbonyl (C=O) groups is 1. The van der Waals surface area contributed by atoms with Crippen molar-refractivity contribution in [3.05, 3.63) is 0 Å². The topological polar surface area (TPSA) is 41.6 Å². The highest BCUT2D eigenvalue weighted by molar-refractivity contribution is 5.76. The number of hydrogen-bond donors (Lipinski definition) is 1. The Morgan fingerprint density at radius 3 is 2.75 bits per heavy atom. The molecule has 20 heavy (non-hydrogen) atoms. The largest absolute Gasteiger partial charge is 0.378 e. The van der Waals surface area contributed by atoms with Crippen molar-refractivity contribution in [2.75, 3.05) is 26.2 Å². The molecule has 116 valence electrons. The predicted molar refractivity (Wildman–Crippen MR) is 80.7 cm³/mol. The Balaban J connectivity index is 1.70. The van der Waals surface area contributed by atoms with E-state index >= 15 is 0 Å². The highest BCUT2D eigenvalue weighted by Crippen LogP contribution is 2.18. The second-order valence-electron chi connectivity index (χ2n) is 6.11. The third-order valence-corrected chi connectivity index (χ3v) is 4.54. The van der Waals surface area contributed by atoms with Crippen molar-refractivity contribution in [1.29, 1.82) is 0 Å². The normalized spacial score (nSPS) is 27.2. The van der Waals surface area contributed by atoms with Gasteiger partial charge < -0.3 is 15.0 Å². The van der Waals surface area contributed by atoms with E-state index in [1.807, 2.05) is 4.90 Å². The number of carbonyl (C=O) groups excluding carboxylic acids is 1. The highest BCUT2D eigenvalue weighted by atomic mass is 16.5. The third kappa shape index (κ3) is 5.06. The fraction of sp³-hybridized carbons (Fsp3) is 0.938. The summed E-state index contributed by atoms with van der Waals surface area (Å²) in [6.45, 7) is 5.76. The Bertz CT molecular complexity index is 284. The Kier molecular flexibility index (Phi) is 6.80. The summed E-state index contributed by atoms with van der Waals surface area (Å²) in [4.78, 5) is 14.4. The van der Waals surface area contributed by atoms with Crippen LogP contribution in [0.2, 0.25) is 0 Å². The molecular formula is C16H30N2O2. The number of nitrogens with zero attached hydrogens (tertiary/aromatic N) is 1. The van der Waals surface area contributed by atoms with Crippen molar-refractivity contribution in [1.82, 2.24) is 10.2 Å². The molecule has 4 nitrogen and oxygen atoms in total. The minimum absolute atomic E-state index is 0.300. The maximum atomic E-state index is 12.3. The second kappa shape index (κ2) is 8.63. The molecule has 2 rings (SSSR count). The molecule has 4 heteroatoms. The first-order valence-corrected chi connectivity index (χ1v) is 8.42. The van der Waals surface area contributed by atoms with Gasteiger partial charge in [-0.15, -0.1) is 0 Å².